The lowest BCUT2D eigenvalue weighted by Gasteiger charge is -2.24. The highest BCUT2D eigenvalue weighted by atomic mass is 16.5. The van der Waals surface area contributed by atoms with Crippen molar-refractivity contribution in [2.24, 2.45) is 11.8 Å². The summed E-state index contributed by atoms with van der Waals surface area (Å²) in [7, 11) is 1.36. The molecule has 0 bridgehead atoms. The number of hydrogen-bond acceptors (Lipinski definition) is 4. The highest BCUT2D eigenvalue weighted by molar-refractivity contribution is 5.82. The molecule has 0 heterocycles. The standard InChI is InChI=1S/C19H32O4/c1-3-4-5-6-7-8-9-12-15-23-19(21)17-14-11-10-13-16(17)18(20)22-2/h10-11,16-17H,3-9,12-15H2,1-2H3. The Balaban J connectivity index is 2.15. The Kier molecular flexibility index (Phi) is 10.4. The summed E-state index contributed by atoms with van der Waals surface area (Å²) in [6, 6.07) is 0. The number of ether oxygens (including phenoxy) is 2. The molecular formula is C19H32O4. The molecule has 0 aromatic carbocycles. The van der Waals surface area contributed by atoms with Crippen LogP contribution in [0.4, 0.5) is 0 Å². The van der Waals surface area contributed by atoms with Crippen molar-refractivity contribution in [1.29, 1.82) is 0 Å². The maximum absolute atomic E-state index is 12.2. The van der Waals surface area contributed by atoms with Crippen LogP contribution in [-0.2, 0) is 19.1 Å². The lowest BCUT2D eigenvalue weighted by atomic mass is 9.83. The molecule has 4 nitrogen and oxygen atoms in total. The summed E-state index contributed by atoms with van der Waals surface area (Å²) >= 11 is 0. The lowest BCUT2D eigenvalue weighted by Crippen LogP contribution is -2.33. The summed E-state index contributed by atoms with van der Waals surface area (Å²) in [5.74, 6) is -1.35. The molecule has 2 atom stereocenters. The number of unbranched alkanes of at least 4 members (excludes halogenated alkanes) is 7. The molecule has 0 saturated heterocycles. The summed E-state index contributed by atoms with van der Waals surface area (Å²) in [4.78, 5) is 23.9. The van der Waals surface area contributed by atoms with E-state index >= 15 is 0 Å². The largest absolute Gasteiger partial charge is 0.469 e. The van der Waals surface area contributed by atoms with Crippen LogP contribution in [0.3, 0.4) is 0 Å². The first-order valence-electron chi connectivity index (χ1n) is 9.10. The van der Waals surface area contributed by atoms with Crippen molar-refractivity contribution in [2.45, 2.75) is 71.1 Å². The second-order valence-electron chi connectivity index (χ2n) is 6.32. The molecule has 1 rings (SSSR count). The van der Waals surface area contributed by atoms with Crippen LogP contribution >= 0.6 is 0 Å². The molecule has 2 unspecified atom stereocenters. The molecule has 1 aliphatic carbocycles. The average molecular weight is 324 g/mol. The summed E-state index contributed by atoms with van der Waals surface area (Å²) in [6.07, 6.45) is 14.7. The molecule has 132 valence electrons. The van der Waals surface area contributed by atoms with Gasteiger partial charge in [0.25, 0.3) is 0 Å². The van der Waals surface area contributed by atoms with Gasteiger partial charge in [-0.1, -0.05) is 64.0 Å². The van der Waals surface area contributed by atoms with Gasteiger partial charge in [0.05, 0.1) is 25.6 Å². The minimum atomic E-state index is -0.393. The van der Waals surface area contributed by atoms with Crippen LogP contribution in [0.25, 0.3) is 0 Å². The van der Waals surface area contributed by atoms with Gasteiger partial charge >= 0.3 is 11.9 Å². The summed E-state index contributed by atoms with van der Waals surface area (Å²) in [6.45, 7) is 2.68. The molecule has 4 heteroatoms. The Morgan fingerprint density at radius 1 is 0.870 bits per heavy atom. The number of carbonyl (C=O) groups is 2. The molecule has 23 heavy (non-hydrogen) atoms. The molecule has 0 N–H and O–H groups in total. The Labute approximate surface area is 140 Å². The van der Waals surface area contributed by atoms with Crippen LogP contribution in [0.2, 0.25) is 0 Å². The minimum absolute atomic E-state index is 0.257. The minimum Gasteiger partial charge on any atom is -0.469 e. The van der Waals surface area contributed by atoms with Gasteiger partial charge < -0.3 is 9.47 Å². The Hall–Kier alpha value is -1.32. The molecule has 0 amide bonds. The van der Waals surface area contributed by atoms with Crippen molar-refractivity contribution in [2.75, 3.05) is 13.7 Å². The zero-order valence-electron chi connectivity index (χ0n) is 14.7. The molecule has 0 aromatic rings. The molecule has 0 spiro atoms. The quantitative estimate of drug-likeness (QED) is 0.320. The molecule has 0 aliphatic heterocycles. The molecule has 0 radical (unpaired) electrons. The van der Waals surface area contributed by atoms with Crippen molar-refractivity contribution in [3.63, 3.8) is 0 Å². The SMILES string of the molecule is CCCCCCCCCCOC(=O)C1CC=CCC1C(=O)OC. The van der Waals surface area contributed by atoms with Gasteiger partial charge in [-0.3, -0.25) is 9.59 Å². The molecule has 0 aromatic heterocycles. The topological polar surface area (TPSA) is 52.6 Å². The monoisotopic (exact) mass is 324 g/mol. The van der Waals surface area contributed by atoms with E-state index in [0.29, 0.717) is 19.4 Å². The predicted molar refractivity (Wildman–Crippen MR) is 90.9 cm³/mol. The van der Waals surface area contributed by atoms with E-state index in [4.69, 9.17) is 9.47 Å². The van der Waals surface area contributed by atoms with E-state index in [1.165, 1.54) is 45.6 Å². The molecule has 0 fully saturated rings. The van der Waals surface area contributed by atoms with E-state index in [0.717, 1.165) is 12.8 Å². The van der Waals surface area contributed by atoms with Crippen molar-refractivity contribution in [3.05, 3.63) is 12.2 Å². The number of esters is 2. The summed E-state index contributed by atoms with van der Waals surface area (Å²) in [5.41, 5.74) is 0. The van der Waals surface area contributed by atoms with E-state index < -0.39 is 5.92 Å². The van der Waals surface area contributed by atoms with E-state index in [1.54, 1.807) is 0 Å². The highest BCUT2D eigenvalue weighted by Gasteiger charge is 2.35. The summed E-state index contributed by atoms with van der Waals surface area (Å²) in [5, 5.41) is 0. The second kappa shape index (κ2) is 12.1. The lowest BCUT2D eigenvalue weighted by molar-refractivity contribution is -0.159. The van der Waals surface area contributed by atoms with Crippen molar-refractivity contribution in [3.8, 4) is 0 Å². The normalized spacial score (nSPS) is 20.3. The smallest absolute Gasteiger partial charge is 0.310 e. The van der Waals surface area contributed by atoms with Crippen LogP contribution < -0.4 is 0 Å². The zero-order valence-corrected chi connectivity index (χ0v) is 14.7. The van der Waals surface area contributed by atoms with E-state index in [1.807, 2.05) is 12.2 Å². The number of allylic oxidation sites excluding steroid dienone is 2. The highest BCUT2D eigenvalue weighted by Crippen LogP contribution is 2.27. The third-order valence-electron chi connectivity index (χ3n) is 4.48. The number of methoxy groups -OCH3 is 1. The van der Waals surface area contributed by atoms with Crippen LogP contribution in [-0.4, -0.2) is 25.7 Å². The molecule has 1 aliphatic rings. The average Bonchev–Trinajstić information content (AvgIpc) is 2.59. The Morgan fingerprint density at radius 3 is 1.96 bits per heavy atom. The van der Waals surface area contributed by atoms with Gasteiger partial charge in [-0.2, -0.15) is 0 Å². The van der Waals surface area contributed by atoms with Crippen LogP contribution in [0.1, 0.15) is 71.1 Å². The number of carbonyl (C=O) groups excluding carboxylic acids is 2. The fraction of sp³-hybridized carbons (Fsp3) is 0.789. The first-order valence-corrected chi connectivity index (χ1v) is 9.10. The van der Waals surface area contributed by atoms with Crippen molar-refractivity contribution in [1.82, 2.24) is 0 Å². The number of rotatable bonds is 11. The Morgan fingerprint density at radius 2 is 1.39 bits per heavy atom. The fourth-order valence-electron chi connectivity index (χ4n) is 3.00. The fourth-order valence-corrected chi connectivity index (χ4v) is 3.00. The van der Waals surface area contributed by atoms with Gasteiger partial charge in [0, 0.05) is 0 Å². The maximum Gasteiger partial charge on any atom is 0.310 e. The van der Waals surface area contributed by atoms with Gasteiger partial charge in [-0.25, -0.2) is 0 Å². The van der Waals surface area contributed by atoms with Gasteiger partial charge in [0.2, 0.25) is 0 Å². The molecule has 0 saturated carbocycles. The van der Waals surface area contributed by atoms with Crippen LogP contribution in [0.5, 0.6) is 0 Å². The third-order valence-corrected chi connectivity index (χ3v) is 4.48. The van der Waals surface area contributed by atoms with Crippen LogP contribution in [0, 0.1) is 11.8 Å². The van der Waals surface area contributed by atoms with E-state index in [9.17, 15) is 9.59 Å². The van der Waals surface area contributed by atoms with E-state index in [2.05, 4.69) is 6.92 Å². The van der Waals surface area contributed by atoms with E-state index in [-0.39, 0.29) is 17.9 Å². The van der Waals surface area contributed by atoms with Crippen LogP contribution in [0.15, 0.2) is 12.2 Å². The third kappa shape index (κ3) is 7.67. The zero-order chi connectivity index (χ0) is 16.9. The first kappa shape index (κ1) is 19.7. The van der Waals surface area contributed by atoms with Gasteiger partial charge in [0.15, 0.2) is 0 Å². The number of hydrogen-bond donors (Lipinski definition) is 0. The Bertz CT molecular complexity index is 376. The van der Waals surface area contributed by atoms with Crippen molar-refractivity contribution >= 4 is 11.9 Å². The van der Waals surface area contributed by atoms with Crippen molar-refractivity contribution < 1.29 is 19.1 Å². The molecular weight excluding hydrogens is 292 g/mol. The second-order valence-corrected chi connectivity index (χ2v) is 6.32. The maximum atomic E-state index is 12.2. The van der Waals surface area contributed by atoms with Gasteiger partial charge in [0.1, 0.15) is 0 Å². The first-order chi connectivity index (χ1) is 11.2. The summed E-state index contributed by atoms with van der Waals surface area (Å²) < 4.78 is 10.2. The predicted octanol–water partition coefficient (Wildman–Crippen LogP) is 4.43. The van der Waals surface area contributed by atoms with Gasteiger partial charge in [-0.15, -0.1) is 0 Å². The van der Waals surface area contributed by atoms with Gasteiger partial charge in [-0.05, 0) is 19.3 Å².